The van der Waals surface area contributed by atoms with Crippen LogP contribution < -0.4 is 69.3 Å². The fourth-order valence-corrected chi connectivity index (χ4v) is 0.596. The van der Waals surface area contributed by atoms with E-state index in [2.05, 4.69) is 0 Å². The topological polar surface area (TPSA) is 80.3 Å². The number of aliphatic carboxylic acids is 2. The van der Waals surface area contributed by atoms with Gasteiger partial charge in [-0.1, -0.05) is 6.92 Å². The third-order valence-corrected chi connectivity index (χ3v) is 1.24. The van der Waals surface area contributed by atoms with Crippen molar-refractivity contribution < 1.29 is 78.9 Å². The van der Waals surface area contributed by atoms with Crippen LogP contribution in [0.2, 0.25) is 0 Å². The molecule has 4 nitrogen and oxygen atoms in total. The molecule has 0 aromatic carbocycles. The van der Waals surface area contributed by atoms with E-state index in [1.165, 1.54) is 0 Å². The molecule has 0 aromatic rings. The Morgan fingerprint density at radius 2 is 1.67 bits per heavy atom. The molecule has 0 aliphatic heterocycles. The van der Waals surface area contributed by atoms with Gasteiger partial charge in [0.15, 0.2) is 0 Å². The molecule has 0 bridgehead atoms. The predicted molar refractivity (Wildman–Crippen MR) is 28.4 cm³/mol. The van der Waals surface area contributed by atoms with Gasteiger partial charge < -0.3 is 19.8 Å². The molecule has 0 fully saturated rings. The van der Waals surface area contributed by atoms with Crippen molar-refractivity contribution in [3.05, 3.63) is 0 Å². The maximum atomic E-state index is 10.1. The molecule has 0 saturated carbocycles. The molecule has 0 aromatic heterocycles. The summed E-state index contributed by atoms with van der Waals surface area (Å²) in [5.74, 6) is -3.59. The zero-order valence-electron chi connectivity index (χ0n) is 7.62. The monoisotopic (exact) mass is 190 g/mol. The van der Waals surface area contributed by atoms with Crippen LogP contribution in [0.4, 0.5) is 0 Å². The van der Waals surface area contributed by atoms with Crippen LogP contribution in [0.1, 0.15) is 19.8 Å². The summed E-state index contributed by atoms with van der Waals surface area (Å²) in [6, 6.07) is 0. The average molecular weight is 190 g/mol. The number of carboxylic acid groups (broad SMARTS) is 2. The second-order valence-electron chi connectivity index (χ2n) is 2.00. The fraction of sp³-hybridized carbons (Fsp3) is 0.667. The Hall–Kier alpha value is 0.940. The minimum Gasteiger partial charge on any atom is -0.550 e. The summed E-state index contributed by atoms with van der Waals surface area (Å²) in [4.78, 5) is 19.9. The van der Waals surface area contributed by atoms with Gasteiger partial charge >= 0.3 is 59.1 Å². The Kier molecular flexibility index (Phi) is 15.6. The molecule has 6 heteroatoms. The van der Waals surface area contributed by atoms with E-state index in [9.17, 15) is 19.8 Å². The molecule has 12 heavy (non-hydrogen) atoms. The van der Waals surface area contributed by atoms with Crippen LogP contribution in [0.15, 0.2) is 0 Å². The SMILES string of the molecule is CCC(CC(=O)[O-])C(=O)[O-].[Na+].[Na+]. The second-order valence-corrected chi connectivity index (χ2v) is 2.00. The van der Waals surface area contributed by atoms with Crippen molar-refractivity contribution in [3.8, 4) is 0 Å². The van der Waals surface area contributed by atoms with Crippen LogP contribution in [0.3, 0.4) is 0 Å². The summed E-state index contributed by atoms with van der Waals surface area (Å²) in [5, 5.41) is 19.9. The second kappa shape index (κ2) is 10.0. The van der Waals surface area contributed by atoms with E-state index in [1.807, 2.05) is 0 Å². The fourth-order valence-electron chi connectivity index (χ4n) is 0.596. The van der Waals surface area contributed by atoms with Crippen molar-refractivity contribution in [2.45, 2.75) is 19.8 Å². The van der Waals surface area contributed by atoms with Gasteiger partial charge in [-0.3, -0.25) is 0 Å². The van der Waals surface area contributed by atoms with Gasteiger partial charge in [-0.2, -0.15) is 0 Å². The van der Waals surface area contributed by atoms with Crippen molar-refractivity contribution in [2.75, 3.05) is 0 Å². The minimum atomic E-state index is -1.35. The first-order valence-corrected chi connectivity index (χ1v) is 2.98. The molecule has 0 rings (SSSR count). The van der Waals surface area contributed by atoms with Crippen molar-refractivity contribution in [2.24, 2.45) is 5.92 Å². The number of hydrogen-bond acceptors (Lipinski definition) is 4. The zero-order chi connectivity index (χ0) is 8.15. The summed E-state index contributed by atoms with van der Waals surface area (Å²) in [6.45, 7) is 1.59. The van der Waals surface area contributed by atoms with E-state index in [4.69, 9.17) is 0 Å². The number of carboxylic acids is 2. The Morgan fingerprint density at radius 3 is 1.75 bits per heavy atom. The number of carbonyl (C=O) groups is 2. The molecule has 0 amide bonds. The molecule has 0 radical (unpaired) electrons. The Balaban J connectivity index is -0.000000405. The quantitative estimate of drug-likeness (QED) is 0.412. The van der Waals surface area contributed by atoms with Crippen LogP contribution in [-0.4, -0.2) is 11.9 Å². The van der Waals surface area contributed by atoms with Crippen LogP contribution in [0, 0.1) is 5.92 Å². The Morgan fingerprint density at radius 1 is 1.25 bits per heavy atom. The first-order valence-electron chi connectivity index (χ1n) is 2.98. The third-order valence-electron chi connectivity index (χ3n) is 1.24. The maximum absolute atomic E-state index is 10.1. The van der Waals surface area contributed by atoms with Crippen molar-refractivity contribution in [1.29, 1.82) is 0 Å². The molecule has 0 heterocycles. The normalized spacial score (nSPS) is 10.4. The Bertz CT molecular complexity index is 148. The van der Waals surface area contributed by atoms with Crippen LogP contribution in [0.5, 0.6) is 0 Å². The summed E-state index contributed by atoms with van der Waals surface area (Å²) in [5.41, 5.74) is 0. The largest absolute Gasteiger partial charge is 1.00 e. The predicted octanol–water partition coefficient (Wildman–Crippen LogP) is -8.09. The van der Waals surface area contributed by atoms with Gasteiger partial charge in [0.2, 0.25) is 0 Å². The van der Waals surface area contributed by atoms with E-state index in [0.29, 0.717) is 0 Å². The van der Waals surface area contributed by atoms with Crippen LogP contribution in [0.25, 0.3) is 0 Å². The van der Waals surface area contributed by atoms with Gasteiger partial charge in [0.25, 0.3) is 0 Å². The molecule has 1 atom stereocenters. The first-order chi connectivity index (χ1) is 4.57. The van der Waals surface area contributed by atoms with Crippen molar-refractivity contribution in [3.63, 3.8) is 0 Å². The molecule has 0 aliphatic rings. The summed E-state index contributed by atoms with van der Waals surface area (Å²) in [7, 11) is 0. The van der Waals surface area contributed by atoms with E-state index in [-0.39, 0.29) is 65.5 Å². The minimum absolute atomic E-state index is 0. The average Bonchev–Trinajstić information content (AvgIpc) is 1.81. The Labute approximate surface area is 115 Å². The molecule has 58 valence electrons. The number of carbonyl (C=O) groups excluding carboxylic acids is 2. The van der Waals surface area contributed by atoms with Gasteiger partial charge in [-0.15, -0.1) is 0 Å². The standard InChI is InChI=1S/C6H10O4.2Na/c1-2-4(6(9)10)3-5(7)8;;/h4H,2-3H2,1H3,(H,7,8)(H,9,10);;/q;2*+1/p-2. The van der Waals surface area contributed by atoms with Gasteiger partial charge in [-0.25, -0.2) is 0 Å². The van der Waals surface area contributed by atoms with E-state index in [1.54, 1.807) is 6.92 Å². The molecule has 0 spiro atoms. The van der Waals surface area contributed by atoms with E-state index < -0.39 is 24.3 Å². The summed E-state index contributed by atoms with van der Waals surface area (Å²) < 4.78 is 0. The molecule has 0 aliphatic carbocycles. The molecular weight excluding hydrogens is 182 g/mol. The smallest absolute Gasteiger partial charge is 0.550 e. The van der Waals surface area contributed by atoms with Crippen LogP contribution >= 0.6 is 0 Å². The molecule has 0 N–H and O–H groups in total. The molecule has 1 unspecified atom stereocenters. The van der Waals surface area contributed by atoms with E-state index >= 15 is 0 Å². The van der Waals surface area contributed by atoms with Crippen LogP contribution in [-0.2, 0) is 9.59 Å². The summed E-state index contributed by atoms with van der Waals surface area (Å²) >= 11 is 0. The molecule has 0 saturated heterocycles. The van der Waals surface area contributed by atoms with Gasteiger partial charge in [0.05, 0.1) is 0 Å². The zero-order valence-corrected chi connectivity index (χ0v) is 11.6. The van der Waals surface area contributed by atoms with E-state index in [0.717, 1.165) is 0 Å². The number of hydrogen-bond donors (Lipinski definition) is 0. The molecular formula is C6H8Na2O4. The van der Waals surface area contributed by atoms with Crippen molar-refractivity contribution in [1.82, 2.24) is 0 Å². The number of rotatable bonds is 4. The van der Waals surface area contributed by atoms with Crippen molar-refractivity contribution >= 4 is 11.9 Å². The maximum Gasteiger partial charge on any atom is 1.00 e. The van der Waals surface area contributed by atoms with Gasteiger partial charge in [-0.05, 0) is 12.8 Å². The van der Waals surface area contributed by atoms with Gasteiger partial charge in [0.1, 0.15) is 0 Å². The third kappa shape index (κ3) is 9.03. The summed E-state index contributed by atoms with van der Waals surface area (Å²) in [6.07, 6.45) is -0.199. The first kappa shape index (κ1) is 18.7. The van der Waals surface area contributed by atoms with Gasteiger partial charge in [0, 0.05) is 17.9 Å².